The van der Waals surface area contributed by atoms with E-state index in [1.807, 2.05) is 0 Å². The Balaban J connectivity index is 3.22. The van der Waals surface area contributed by atoms with Gasteiger partial charge in [0.15, 0.2) is 0 Å². The van der Waals surface area contributed by atoms with E-state index in [1.54, 1.807) is 25.1 Å². The van der Waals surface area contributed by atoms with E-state index in [0.717, 1.165) is 0 Å². The minimum Gasteiger partial charge on any atom is -0.465 e. The fourth-order valence-electron chi connectivity index (χ4n) is 1.07. The molecule has 0 bridgehead atoms. The fraction of sp³-hybridized carbons (Fsp3) is 0.200. The summed E-state index contributed by atoms with van der Waals surface area (Å²) in [5.41, 5.74) is 1.51. The van der Waals surface area contributed by atoms with E-state index in [1.165, 1.54) is 7.11 Å². The average molecular weight is 272 g/mol. The molecule has 80 valence electrons. The third kappa shape index (κ3) is 2.56. The van der Waals surface area contributed by atoms with Crippen molar-refractivity contribution >= 4 is 27.6 Å². The number of benzene rings is 1. The molecule has 0 saturated heterocycles. The first-order valence-corrected chi connectivity index (χ1v) is 4.96. The van der Waals surface area contributed by atoms with Crippen LogP contribution in [-0.4, -0.2) is 24.0 Å². The van der Waals surface area contributed by atoms with Gasteiger partial charge in [-0.05, 0) is 40.5 Å². The molecule has 1 aromatic carbocycles. The van der Waals surface area contributed by atoms with Gasteiger partial charge in [0, 0.05) is 4.47 Å². The molecule has 0 saturated carbocycles. The zero-order chi connectivity index (χ0) is 11.4. The van der Waals surface area contributed by atoms with Crippen LogP contribution in [0.5, 0.6) is 0 Å². The van der Waals surface area contributed by atoms with Gasteiger partial charge in [-0.1, -0.05) is 11.2 Å². The third-order valence-corrected chi connectivity index (χ3v) is 2.63. The highest BCUT2D eigenvalue weighted by Gasteiger charge is 2.11. The number of carbonyl (C=O) groups is 1. The van der Waals surface area contributed by atoms with Crippen molar-refractivity contribution in [2.24, 2.45) is 5.16 Å². The summed E-state index contributed by atoms with van der Waals surface area (Å²) in [6.07, 6.45) is 0. The van der Waals surface area contributed by atoms with Crippen LogP contribution in [0.25, 0.3) is 0 Å². The first kappa shape index (κ1) is 11.7. The zero-order valence-corrected chi connectivity index (χ0v) is 9.91. The summed E-state index contributed by atoms with van der Waals surface area (Å²) in [5.74, 6) is -0.436. The van der Waals surface area contributed by atoms with Crippen molar-refractivity contribution in [3.05, 3.63) is 33.8 Å². The van der Waals surface area contributed by atoms with Gasteiger partial charge in [0.2, 0.25) is 0 Å². The summed E-state index contributed by atoms with van der Waals surface area (Å²) >= 11 is 3.24. The van der Waals surface area contributed by atoms with Crippen molar-refractivity contribution in [3.8, 4) is 0 Å². The number of nitrogens with zero attached hydrogens (tertiary/aromatic N) is 1. The first-order chi connectivity index (χ1) is 7.10. The number of hydrogen-bond acceptors (Lipinski definition) is 4. The van der Waals surface area contributed by atoms with E-state index in [2.05, 4.69) is 25.8 Å². The zero-order valence-electron chi connectivity index (χ0n) is 8.32. The average Bonchev–Trinajstić information content (AvgIpc) is 2.27. The lowest BCUT2D eigenvalue weighted by atomic mass is 10.1. The van der Waals surface area contributed by atoms with Crippen LogP contribution in [0.3, 0.4) is 0 Å². The monoisotopic (exact) mass is 271 g/mol. The summed E-state index contributed by atoms with van der Waals surface area (Å²) < 4.78 is 5.26. The second kappa shape index (κ2) is 4.93. The number of esters is 1. The number of oxime groups is 1. The Morgan fingerprint density at radius 2 is 2.20 bits per heavy atom. The molecule has 0 fully saturated rings. The maximum Gasteiger partial charge on any atom is 0.339 e. The number of methoxy groups -OCH3 is 1. The number of halogens is 1. The topological polar surface area (TPSA) is 58.9 Å². The van der Waals surface area contributed by atoms with Crippen molar-refractivity contribution in [1.82, 2.24) is 0 Å². The molecule has 4 nitrogen and oxygen atoms in total. The summed E-state index contributed by atoms with van der Waals surface area (Å²) in [6, 6.07) is 5.05. The van der Waals surface area contributed by atoms with Crippen molar-refractivity contribution in [1.29, 1.82) is 0 Å². The van der Waals surface area contributed by atoms with Crippen LogP contribution in [0.2, 0.25) is 0 Å². The first-order valence-electron chi connectivity index (χ1n) is 4.17. The van der Waals surface area contributed by atoms with Crippen molar-refractivity contribution in [2.75, 3.05) is 7.11 Å². The summed E-state index contributed by atoms with van der Waals surface area (Å²) in [4.78, 5) is 11.3. The van der Waals surface area contributed by atoms with Gasteiger partial charge in [-0.3, -0.25) is 0 Å². The smallest absolute Gasteiger partial charge is 0.339 e. The number of carbonyl (C=O) groups excluding carboxylic acids is 1. The molecule has 0 atom stereocenters. The lowest BCUT2D eigenvalue weighted by molar-refractivity contribution is 0.0599. The molecule has 0 aromatic heterocycles. The quantitative estimate of drug-likeness (QED) is 0.389. The number of hydrogen-bond donors (Lipinski definition) is 1. The SMILES string of the molecule is COC(=O)c1cc(/C(C)=N\O)ccc1Br. The molecule has 0 unspecified atom stereocenters. The lowest BCUT2D eigenvalue weighted by Crippen LogP contribution is -2.05. The molecule has 0 heterocycles. The van der Waals surface area contributed by atoms with Crippen molar-refractivity contribution < 1.29 is 14.7 Å². The molecule has 0 radical (unpaired) electrons. The fourth-order valence-corrected chi connectivity index (χ4v) is 1.48. The second-order valence-electron chi connectivity index (χ2n) is 2.87. The van der Waals surface area contributed by atoms with E-state index in [4.69, 9.17) is 5.21 Å². The standard InChI is InChI=1S/C10H10BrNO3/c1-6(12-14)7-3-4-9(11)8(5-7)10(13)15-2/h3-5,14H,1-2H3/b12-6-. The summed E-state index contributed by atoms with van der Waals surface area (Å²) in [6.45, 7) is 1.64. The molecular weight excluding hydrogens is 262 g/mol. The van der Waals surface area contributed by atoms with E-state index >= 15 is 0 Å². The summed E-state index contributed by atoms with van der Waals surface area (Å²) in [7, 11) is 1.31. The highest BCUT2D eigenvalue weighted by molar-refractivity contribution is 9.10. The molecule has 1 N–H and O–H groups in total. The van der Waals surface area contributed by atoms with Gasteiger partial charge in [0.25, 0.3) is 0 Å². The van der Waals surface area contributed by atoms with Crippen molar-refractivity contribution in [2.45, 2.75) is 6.92 Å². The molecule has 0 aliphatic rings. The highest BCUT2D eigenvalue weighted by Crippen LogP contribution is 2.19. The second-order valence-corrected chi connectivity index (χ2v) is 3.73. The predicted molar refractivity (Wildman–Crippen MR) is 59.5 cm³/mol. The molecule has 0 amide bonds. The Labute approximate surface area is 95.7 Å². The van der Waals surface area contributed by atoms with E-state index < -0.39 is 5.97 Å². The maximum atomic E-state index is 11.3. The van der Waals surface area contributed by atoms with E-state index in [-0.39, 0.29) is 0 Å². The van der Waals surface area contributed by atoms with E-state index in [0.29, 0.717) is 21.3 Å². The van der Waals surface area contributed by atoms with Gasteiger partial charge in [-0.15, -0.1) is 0 Å². The Morgan fingerprint density at radius 1 is 1.53 bits per heavy atom. The maximum absolute atomic E-state index is 11.3. The Kier molecular flexibility index (Phi) is 3.85. The van der Waals surface area contributed by atoms with Crippen LogP contribution in [0.1, 0.15) is 22.8 Å². The van der Waals surface area contributed by atoms with Crippen LogP contribution < -0.4 is 0 Å². The lowest BCUT2D eigenvalue weighted by Gasteiger charge is -2.05. The number of rotatable bonds is 2. The van der Waals surface area contributed by atoms with Crippen LogP contribution in [-0.2, 0) is 4.74 Å². The van der Waals surface area contributed by atoms with Gasteiger partial charge < -0.3 is 9.94 Å². The Bertz CT molecular complexity index is 415. The molecule has 1 rings (SSSR count). The van der Waals surface area contributed by atoms with Gasteiger partial charge in [-0.2, -0.15) is 0 Å². The molecule has 0 spiro atoms. The Hall–Kier alpha value is -1.36. The highest BCUT2D eigenvalue weighted by atomic mass is 79.9. The molecule has 0 aliphatic carbocycles. The van der Waals surface area contributed by atoms with Gasteiger partial charge in [0.1, 0.15) is 0 Å². The molecule has 15 heavy (non-hydrogen) atoms. The minimum atomic E-state index is -0.436. The van der Waals surface area contributed by atoms with Gasteiger partial charge in [0.05, 0.1) is 18.4 Å². The number of ether oxygens (including phenoxy) is 1. The molecule has 5 heteroatoms. The van der Waals surface area contributed by atoms with Crippen LogP contribution in [0, 0.1) is 0 Å². The van der Waals surface area contributed by atoms with E-state index in [9.17, 15) is 4.79 Å². The molecule has 0 aliphatic heterocycles. The van der Waals surface area contributed by atoms with Crippen LogP contribution >= 0.6 is 15.9 Å². The van der Waals surface area contributed by atoms with Gasteiger partial charge in [-0.25, -0.2) is 4.79 Å². The van der Waals surface area contributed by atoms with Crippen LogP contribution in [0.4, 0.5) is 0 Å². The normalized spacial score (nSPS) is 11.3. The molecule has 1 aromatic rings. The third-order valence-electron chi connectivity index (χ3n) is 1.94. The van der Waals surface area contributed by atoms with Crippen LogP contribution in [0.15, 0.2) is 27.8 Å². The summed E-state index contributed by atoms with van der Waals surface area (Å²) in [5, 5.41) is 11.7. The van der Waals surface area contributed by atoms with Crippen molar-refractivity contribution in [3.63, 3.8) is 0 Å². The molecular formula is C10H10BrNO3. The minimum absolute atomic E-state index is 0.401. The largest absolute Gasteiger partial charge is 0.465 e. The Morgan fingerprint density at radius 3 is 2.73 bits per heavy atom. The van der Waals surface area contributed by atoms with Gasteiger partial charge >= 0.3 is 5.97 Å². The predicted octanol–water partition coefficient (Wildman–Crippen LogP) is 2.43.